The zero-order valence-corrected chi connectivity index (χ0v) is 19.9. The number of carbonyl (C=O) groups is 1. The van der Waals surface area contributed by atoms with E-state index >= 15 is 0 Å². The van der Waals surface area contributed by atoms with Gasteiger partial charge in [-0.2, -0.15) is 0 Å². The molecule has 7 nitrogen and oxygen atoms in total. The Morgan fingerprint density at radius 1 is 1.03 bits per heavy atom. The minimum atomic E-state index is -0.136. The van der Waals surface area contributed by atoms with E-state index in [2.05, 4.69) is 44.4 Å². The molecule has 1 N–H and O–H groups in total. The van der Waals surface area contributed by atoms with Gasteiger partial charge in [-0.05, 0) is 44.2 Å². The first-order chi connectivity index (χ1) is 16.2. The van der Waals surface area contributed by atoms with E-state index in [1.807, 2.05) is 37.3 Å². The van der Waals surface area contributed by atoms with Crippen molar-refractivity contribution >= 4 is 34.4 Å². The van der Waals surface area contributed by atoms with Gasteiger partial charge in [0.1, 0.15) is 0 Å². The number of piperazine rings is 1. The average Bonchev–Trinajstić information content (AvgIpc) is 2.86. The van der Waals surface area contributed by atoms with Crippen LogP contribution in [0.5, 0.6) is 0 Å². The van der Waals surface area contributed by atoms with Gasteiger partial charge in [-0.25, -0.2) is 4.98 Å². The summed E-state index contributed by atoms with van der Waals surface area (Å²) in [6.07, 6.45) is 0.915. The van der Waals surface area contributed by atoms with Crippen LogP contribution in [0.25, 0.3) is 11.0 Å². The number of nitrogens with one attached hydrogen (secondary N) is 1. The molecular formula is C25H31N5O2S. The van der Waals surface area contributed by atoms with E-state index in [-0.39, 0.29) is 17.2 Å². The Balaban J connectivity index is 1.18. The highest BCUT2D eigenvalue weighted by Gasteiger charge is 2.17. The number of rotatable bonds is 9. The van der Waals surface area contributed by atoms with Gasteiger partial charge in [0.25, 0.3) is 5.56 Å². The number of thioether (sulfide) groups is 1. The topological polar surface area (TPSA) is 70.5 Å². The van der Waals surface area contributed by atoms with Crippen LogP contribution in [0.2, 0.25) is 0 Å². The summed E-state index contributed by atoms with van der Waals surface area (Å²) in [5.74, 6) is 0.131. The molecule has 2 aromatic carbocycles. The summed E-state index contributed by atoms with van der Waals surface area (Å²) >= 11 is 1.21. The molecule has 0 atom stereocenters. The number of carbonyl (C=O) groups excluding carboxylic acids is 1. The number of benzene rings is 2. The Bertz CT molecular complexity index is 1130. The molecule has 0 unspecified atom stereocenters. The maximum Gasteiger partial charge on any atom is 0.283 e. The third kappa shape index (κ3) is 5.94. The molecule has 8 heteroatoms. The molecule has 4 rings (SSSR count). The van der Waals surface area contributed by atoms with Gasteiger partial charge in [-0.15, -0.1) is 0 Å². The van der Waals surface area contributed by atoms with Crippen LogP contribution in [0.1, 0.15) is 13.3 Å². The van der Waals surface area contributed by atoms with Crippen molar-refractivity contribution in [3.05, 3.63) is 65.0 Å². The number of aromatic nitrogens is 2. The van der Waals surface area contributed by atoms with Crippen LogP contribution in [-0.4, -0.2) is 65.4 Å². The largest absolute Gasteiger partial charge is 0.369 e. The van der Waals surface area contributed by atoms with Gasteiger partial charge in [0, 0.05) is 45.0 Å². The third-order valence-corrected chi connectivity index (χ3v) is 6.89. The maximum absolute atomic E-state index is 12.7. The highest BCUT2D eigenvalue weighted by Crippen LogP contribution is 2.17. The molecule has 3 aromatic rings. The molecule has 2 heterocycles. The highest BCUT2D eigenvalue weighted by molar-refractivity contribution is 7.99. The molecule has 0 aliphatic carbocycles. The van der Waals surface area contributed by atoms with Gasteiger partial charge >= 0.3 is 0 Å². The van der Waals surface area contributed by atoms with E-state index in [4.69, 9.17) is 0 Å². The fourth-order valence-electron chi connectivity index (χ4n) is 4.16. The molecule has 1 saturated heterocycles. The van der Waals surface area contributed by atoms with E-state index in [9.17, 15) is 9.59 Å². The van der Waals surface area contributed by atoms with E-state index in [1.165, 1.54) is 17.4 Å². The first-order valence-electron chi connectivity index (χ1n) is 11.6. The van der Waals surface area contributed by atoms with Crippen LogP contribution in [0, 0.1) is 0 Å². The average molecular weight is 466 g/mol. The number of aryl methyl sites for hydroxylation is 1. The number of amides is 1. The van der Waals surface area contributed by atoms with Gasteiger partial charge in [-0.3, -0.25) is 14.5 Å². The van der Waals surface area contributed by atoms with Crippen LogP contribution in [-0.2, 0) is 11.3 Å². The van der Waals surface area contributed by atoms with Crippen molar-refractivity contribution in [1.82, 2.24) is 19.8 Å². The molecule has 1 fully saturated rings. The Morgan fingerprint density at radius 2 is 1.76 bits per heavy atom. The predicted molar refractivity (Wildman–Crippen MR) is 135 cm³/mol. The molecule has 1 aliphatic heterocycles. The number of hydrogen-bond donors (Lipinski definition) is 1. The number of hydrogen-bond acceptors (Lipinski definition) is 6. The van der Waals surface area contributed by atoms with E-state index in [0.29, 0.717) is 18.1 Å². The zero-order valence-electron chi connectivity index (χ0n) is 19.1. The molecule has 0 saturated carbocycles. The van der Waals surface area contributed by atoms with Crippen LogP contribution < -0.4 is 15.8 Å². The first-order valence-corrected chi connectivity index (χ1v) is 12.6. The van der Waals surface area contributed by atoms with Crippen molar-refractivity contribution in [2.24, 2.45) is 0 Å². The van der Waals surface area contributed by atoms with Gasteiger partial charge < -0.3 is 14.8 Å². The second kappa shape index (κ2) is 11.3. The van der Waals surface area contributed by atoms with Crippen LogP contribution >= 0.6 is 11.8 Å². The molecule has 0 radical (unpaired) electrons. The summed E-state index contributed by atoms with van der Waals surface area (Å²) < 4.78 is 1.71. The molecule has 0 bridgehead atoms. The van der Waals surface area contributed by atoms with E-state index in [0.717, 1.165) is 50.2 Å². The number of anilines is 1. The second-order valence-corrected chi connectivity index (χ2v) is 9.08. The van der Waals surface area contributed by atoms with Crippen molar-refractivity contribution in [3.63, 3.8) is 0 Å². The molecular weight excluding hydrogens is 434 g/mol. The van der Waals surface area contributed by atoms with Crippen molar-refractivity contribution in [3.8, 4) is 0 Å². The summed E-state index contributed by atoms with van der Waals surface area (Å²) in [6.45, 7) is 8.26. The van der Waals surface area contributed by atoms with Gasteiger partial charge in [0.05, 0.1) is 16.8 Å². The number of para-hydroxylation sites is 3. The van der Waals surface area contributed by atoms with Crippen molar-refractivity contribution < 1.29 is 4.79 Å². The SMILES string of the molecule is CCn1c(=O)c(SCC(=O)NCCCN2CCN(c3ccccc3)CC2)nc2ccccc21. The summed E-state index contributed by atoms with van der Waals surface area (Å²) in [5, 5.41) is 3.36. The lowest BCUT2D eigenvalue weighted by Gasteiger charge is -2.36. The molecule has 174 valence electrons. The fourth-order valence-corrected chi connectivity index (χ4v) is 4.93. The smallest absolute Gasteiger partial charge is 0.283 e. The number of fused-ring (bicyclic) bond motifs is 1. The summed E-state index contributed by atoms with van der Waals surface area (Å²) in [6, 6.07) is 18.1. The minimum Gasteiger partial charge on any atom is -0.369 e. The lowest BCUT2D eigenvalue weighted by Crippen LogP contribution is -2.47. The first kappa shape index (κ1) is 23.3. The number of nitrogens with zero attached hydrogens (tertiary/aromatic N) is 4. The molecule has 1 aliphatic rings. The summed E-state index contributed by atoms with van der Waals surface area (Å²) in [4.78, 5) is 34.4. The maximum atomic E-state index is 12.7. The fraction of sp³-hybridized carbons (Fsp3) is 0.400. The Kier molecular flexibility index (Phi) is 8.01. The predicted octanol–water partition coefficient (Wildman–Crippen LogP) is 2.84. The quantitative estimate of drug-likeness (QED) is 0.387. The molecule has 1 amide bonds. The molecule has 33 heavy (non-hydrogen) atoms. The third-order valence-electron chi connectivity index (χ3n) is 5.95. The van der Waals surface area contributed by atoms with Crippen molar-refractivity contribution in [1.29, 1.82) is 0 Å². The lowest BCUT2D eigenvalue weighted by molar-refractivity contribution is -0.118. The van der Waals surface area contributed by atoms with E-state index in [1.54, 1.807) is 4.57 Å². The normalized spacial score (nSPS) is 14.5. The standard InChI is InChI=1S/C25H31N5O2S/c1-2-30-22-12-7-6-11-21(22)27-24(25(30)32)33-19-23(31)26-13-8-14-28-15-17-29(18-16-28)20-9-4-3-5-10-20/h3-7,9-12H,2,8,13-19H2,1H3,(H,26,31). The monoisotopic (exact) mass is 465 g/mol. The molecule has 0 spiro atoms. The minimum absolute atomic E-state index is 0.0636. The Morgan fingerprint density at radius 3 is 2.52 bits per heavy atom. The van der Waals surface area contributed by atoms with Crippen molar-refractivity contribution in [2.45, 2.75) is 24.9 Å². The van der Waals surface area contributed by atoms with Crippen LogP contribution in [0.15, 0.2) is 64.4 Å². The van der Waals surface area contributed by atoms with Crippen LogP contribution in [0.4, 0.5) is 5.69 Å². The molecule has 1 aromatic heterocycles. The van der Waals surface area contributed by atoms with Gasteiger partial charge in [0.15, 0.2) is 5.03 Å². The Hall–Kier alpha value is -2.84. The lowest BCUT2D eigenvalue weighted by atomic mass is 10.2. The van der Waals surface area contributed by atoms with Gasteiger partial charge in [0.2, 0.25) is 5.91 Å². The van der Waals surface area contributed by atoms with Gasteiger partial charge in [-0.1, -0.05) is 42.1 Å². The summed E-state index contributed by atoms with van der Waals surface area (Å²) in [5.41, 5.74) is 2.75. The van der Waals surface area contributed by atoms with Crippen molar-refractivity contribution in [2.75, 3.05) is 49.9 Å². The zero-order chi connectivity index (χ0) is 23.0. The summed E-state index contributed by atoms with van der Waals surface area (Å²) in [7, 11) is 0. The highest BCUT2D eigenvalue weighted by atomic mass is 32.2. The van der Waals surface area contributed by atoms with E-state index < -0.39 is 0 Å². The Labute approximate surface area is 198 Å². The van der Waals surface area contributed by atoms with Crippen LogP contribution in [0.3, 0.4) is 0 Å². The second-order valence-electron chi connectivity index (χ2n) is 8.11.